The van der Waals surface area contributed by atoms with Gasteiger partial charge in [0.25, 0.3) is 0 Å². The first-order chi connectivity index (χ1) is 8.86. The number of unbranched alkanes of at least 4 members (excludes halogenated alkanes) is 2. The summed E-state index contributed by atoms with van der Waals surface area (Å²) in [5.41, 5.74) is 1.37. The Morgan fingerprint density at radius 2 is 1.72 bits per heavy atom. The Balaban J connectivity index is 2.00. The molecule has 1 rings (SSSR count). The molecule has 1 aromatic rings. The average Bonchev–Trinajstić information content (AvgIpc) is 2.42. The van der Waals surface area contributed by atoms with Crippen molar-refractivity contribution in [1.82, 2.24) is 5.32 Å². The number of hydrogen-bond acceptors (Lipinski definition) is 2. The minimum Gasteiger partial charge on any atom is -0.494 e. The quantitative estimate of drug-likeness (QED) is 0.637. The molecule has 0 saturated carbocycles. The zero-order valence-corrected chi connectivity index (χ0v) is 11.9. The van der Waals surface area contributed by atoms with E-state index in [1.807, 2.05) is 0 Å². The highest BCUT2D eigenvalue weighted by atomic mass is 16.5. The highest BCUT2D eigenvalue weighted by molar-refractivity contribution is 5.27. The molecule has 0 amide bonds. The Bertz CT molecular complexity index is 294. The highest BCUT2D eigenvalue weighted by Gasteiger charge is 1.95. The van der Waals surface area contributed by atoms with Gasteiger partial charge in [-0.1, -0.05) is 26.0 Å². The molecule has 0 fully saturated rings. The Morgan fingerprint density at radius 3 is 2.39 bits per heavy atom. The normalized spacial score (nSPS) is 10.6. The van der Waals surface area contributed by atoms with Crippen molar-refractivity contribution in [3.63, 3.8) is 0 Å². The number of rotatable bonds is 10. The summed E-state index contributed by atoms with van der Waals surface area (Å²) in [5.74, 6) is 0.997. The van der Waals surface area contributed by atoms with Crippen LogP contribution in [-0.2, 0) is 6.42 Å². The van der Waals surface area contributed by atoms with Crippen molar-refractivity contribution in [2.24, 2.45) is 0 Å². The third-order valence-corrected chi connectivity index (χ3v) is 3.02. The summed E-state index contributed by atoms with van der Waals surface area (Å²) in [6.07, 6.45) is 5.94. The van der Waals surface area contributed by atoms with Crippen molar-refractivity contribution >= 4 is 0 Å². The lowest BCUT2D eigenvalue weighted by atomic mass is 10.2. The molecule has 0 radical (unpaired) electrons. The molecule has 0 saturated heterocycles. The maximum Gasteiger partial charge on any atom is 0.119 e. The molecule has 0 unspecified atom stereocenters. The maximum atomic E-state index is 5.71. The van der Waals surface area contributed by atoms with Crippen LogP contribution in [0.1, 0.15) is 45.1 Å². The van der Waals surface area contributed by atoms with Crippen LogP contribution in [0, 0.1) is 0 Å². The molecule has 0 aliphatic carbocycles. The third kappa shape index (κ3) is 6.65. The van der Waals surface area contributed by atoms with Gasteiger partial charge in [0.1, 0.15) is 5.75 Å². The molecule has 1 N–H and O–H groups in total. The van der Waals surface area contributed by atoms with E-state index in [1.165, 1.54) is 24.8 Å². The summed E-state index contributed by atoms with van der Waals surface area (Å²) in [7, 11) is 0. The smallest absolute Gasteiger partial charge is 0.119 e. The summed E-state index contributed by atoms with van der Waals surface area (Å²) in [6.45, 7) is 7.48. The van der Waals surface area contributed by atoms with Crippen LogP contribution in [-0.4, -0.2) is 19.7 Å². The molecule has 0 spiro atoms. The zero-order chi connectivity index (χ0) is 13.1. The fourth-order valence-electron chi connectivity index (χ4n) is 1.84. The molecule has 18 heavy (non-hydrogen) atoms. The highest BCUT2D eigenvalue weighted by Crippen LogP contribution is 2.13. The van der Waals surface area contributed by atoms with Crippen molar-refractivity contribution in [3.05, 3.63) is 29.8 Å². The first kappa shape index (κ1) is 15.0. The first-order valence-electron chi connectivity index (χ1n) is 7.29. The van der Waals surface area contributed by atoms with Gasteiger partial charge in [-0.25, -0.2) is 0 Å². The minimum atomic E-state index is 0.833. The maximum absolute atomic E-state index is 5.71. The second-order valence-electron chi connectivity index (χ2n) is 4.66. The number of benzene rings is 1. The van der Waals surface area contributed by atoms with Crippen molar-refractivity contribution in [2.45, 2.75) is 46.0 Å². The number of ether oxygens (including phenoxy) is 1. The topological polar surface area (TPSA) is 21.3 Å². The molecule has 0 aliphatic heterocycles. The van der Waals surface area contributed by atoms with E-state index >= 15 is 0 Å². The molecule has 102 valence electrons. The second-order valence-corrected chi connectivity index (χ2v) is 4.66. The van der Waals surface area contributed by atoms with Gasteiger partial charge < -0.3 is 10.1 Å². The van der Waals surface area contributed by atoms with Gasteiger partial charge in [0.2, 0.25) is 0 Å². The van der Waals surface area contributed by atoms with Crippen LogP contribution in [0.15, 0.2) is 24.3 Å². The van der Waals surface area contributed by atoms with Gasteiger partial charge in [-0.05, 0) is 62.9 Å². The van der Waals surface area contributed by atoms with E-state index in [2.05, 4.69) is 43.4 Å². The van der Waals surface area contributed by atoms with Crippen molar-refractivity contribution in [3.8, 4) is 5.75 Å². The molecular formula is C16H27NO. The van der Waals surface area contributed by atoms with E-state index in [4.69, 9.17) is 4.74 Å². The molecule has 0 aliphatic rings. The number of hydrogen-bond donors (Lipinski definition) is 1. The van der Waals surface area contributed by atoms with Gasteiger partial charge >= 0.3 is 0 Å². The summed E-state index contributed by atoms with van der Waals surface area (Å²) in [4.78, 5) is 0. The number of aryl methyl sites for hydroxylation is 1. The van der Waals surface area contributed by atoms with Gasteiger partial charge in [0, 0.05) is 0 Å². The van der Waals surface area contributed by atoms with Crippen molar-refractivity contribution in [2.75, 3.05) is 19.7 Å². The zero-order valence-electron chi connectivity index (χ0n) is 11.9. The van der Waals surface area contributed by atoms with E-state index in [-0.39, 0.29) is 0 Å². The molecule has 0 aromatic heterocycles. The molecule has 2 heteroatoms. The van der Waals surface area contributed by atoms with E-state index in [0.29, 0.717) is 0 Å². The molecule has 1 aromatic carbocycles. The summed E-state index contributed by atoms with van der Waals surface area (Å²) in [5, 5.41) is 3.42. The van der Waals surface area contributed by atoms with Crippen molar-refractivity contribution in [1.29, 1.82) is 0 Å². The Hall–Kier alpha value is -1.02. The lowest BCUT2D eigenvalue weighted by Gasteiger charge is -2.07. The van der Waals surface area contributed by atoms with Gasteiger partial charge in [-0.15, -0.1) is 0 Å². The number of nitrogens with one attached hydrogen (secondary N) is 1. The first-order valence-corrected chi connectivity index (χ1v) is 7.29. The van der Waals surface area contributed by atoms with E-state index in [0.717, 1.165) is 38.3 Å². The molecule has 0 atom stereocenters. The van der Waals surface area contributed by atoms with Gasteiger partial charge in [0.05, 0.1) is 6.61 Å². The van der Waals surface area contributed by atoms with E-state index < -0.39 is 0 Å². The SMILES string of the molecule is CCCNCCCCCOc1ccc(CC)cc1. The molecular weight excluding hydrogens is 222 g/mol. The van der Waals surface area contributed by atoms with Crippen LogP contribution < -0.4 is 10.1 Å². The van der Waals surface area contributed by atoms with E-state index in [9.17, 15) is 0 Å². The van der Waals surface area contributed by atoms with Crippen LogP contribution in [0.4, 0.5) is 0 Å². The monoisotopic (exact) mass is 249 g/mol. The fraction of sp³-hybridized carbons (Fsp3) is 0.625. The van der Waals surface area contributed by atoms with E-state index in [1.54, 1.807) is 0 Å². The Kier molecular flexibility index (Phi) is 8.32. The van der Waals surface area contributed by atoms with Crippen LogP contribution in [0.25, 0.3) is 0 Å². The van der Waals surface area contributed by atoms with Gasteiger partial charge in [-0.2, -0.15) is 0 Å². The lowest BCUT2D eigenvalue weighted by Crippen LogP contribution is -2.15. The Morgan fingerprint density at radius 1 is 0.944 bits per heavy atom. The molecule has 2 nitrogen and oxygen atoms in total. The average molecular weight is 249 g/mol. The van der Waals surface area contributed by atoms with Crippen molar-refractivity contribution < 1.29 is 4.74 Å². The third-order valence-electron chi connectivity index (χ3n) is 3.02. The minimum absolute atomic E-state index is 0.833. The summed E-state index contributed by atoms with van der Waals surface area (Å²) < 4.78 is 5.71. The summed E-state index contributed by atoms with van der Waals surface area (Å²) in [6, 6.07) is 8.43. The van der Waals surface area contributed by atoms with Crippen LogP contribution >= 0.6 is 0 Å². The van der Waals surface area contributed by atoms with Crippen LogP contribution in [0.2, 0.25) is 0 Å². The second kappa shape index (κ2) is 9.95. The lowest BCUT2D eigenvalue weighted by molar-refractivity contribution is 0.305. The standard InChI is InChI=1S/C16H27NO/c1-3-12-17-13-6-5-7-14-18-16-10-8-15(4-2)9-11-16/h8-11,17H,3-7,12-14H2,1-2H3. The van der Waals surface area contributed by atoms with Gasteiger partial charge in [0.15, 0.2) is 0 Å². The Labute approximate surface area is 112 Å². The predicted molar refractivity (Wildman–Crippen MR) is 78.3 cm³/mol. The van der Waals surface area contributed by atoms with Crippen LogP contribution in [0.3, 0.4) is 0 Å². The van der Waals surface area contributed by atoms with Crippen LogP contribution in [0.5, 0.6) is 5.75 Å². The molecule has 0 heterocycles. The van der Waals surface area contributed by atoms with Gasteiger partial charge in [-0.3, -0.25) is 0 Å². The largest absolute Gasteiger partial charge is 0.494 e. The fourth-order valence-corrected chi connectivity index (χ4v) is 1.84. The summed E-state index contributed by atoms with van der Waals surface area (Å²) >= 11 is 0. The predicted octanol–water partition coefficient (Wildman–Crippen LogP) is 3.80. The molecule has 0 bridgehead atoms.